The minimum Gasteiger partial charge on any atom is -0.313 e. The van der Waals surface area contributed by atoms with Crippen molar-refractivity contribution in [3.63, 3.8) is 0 Å². The molecule has 1 aromatic carbocycles. The SMILES string of the molecule is CC/C1=C/C=C(/c2ccccc2)C=NC(C)(CC=N)C=N1. The normalized spacial score (nSPS) is 26.8. The number of nitrogens with zero attached hydrogens (tertiary/aromatic N) is 2. The lowest BCUT2D eigenvalue weighted by Crippen LogP contribution is -2.24. The van der Waals surface area contributed by atoms with Crippen LogP contribution in [0.3, 0.4) is 0 Å². The molecule has 1 N–H and O–H groups in total. The Morgan fingerprint density at radius 1 is 1.19 bits per heavy atom. The molecule has 1 heterocycles. The molecular weight excluding hydrogens is 258 g/mol. The van der Waals surface area contributed by atoms with Gasteiger partial charge in [-0.3, -0.25) is 9.98 Å². The molecule has 0 saturated carbocycles. The molecule has 2 rings (SSSR count). The molecule has 1 atom stereocenters. The van der Waals surface area contributed by atoms with Crippen LogP contribution >= 0.6 is 0 Å². The van der Waals surface area contributed by atoms with Gasteiger partial charge in [-0.15, -0.1) is 0 Å². The summed E-state index contributed by atoms with van der Waals surface area (Å²) < 4.78 is 0. The van der Waals surface area contributed by atoms with Crippen LogP contribution in [0.1, 0.15) is 32.3 Å². The minimum absolute atomic E-state index is 0.464. The van der Waals surface area contributed by atoms with Crippen LogP contribution in [-0.4, -0.2) is 24.2 Å². The predicted molar refractivity (Wildman–Crippen MR) is 91.6 cm³/mol. The van der Waals surface area contributed by atoms with E-state index in [1.165, 1.54) is 6.21 Å². The van der Waals surface area contributed by atoms with Gasteiger partial charge in [-0.25, -0.2) is 0 Å². The summed E-state index contributed by atoms with van der Waals surface area (Å²) in [5.41, 5.74) is 2.74. The number of benzene rings is 1. The van der Waals surface area contributed by atoms with Gasteiger partial charge in [0, 0.05) is 24.5 Å². The number of aliphatic imine (C=N–C) groups is 2. The molecule has 21 heavy (non-hydrogen) atoms. The van der Waals surface area contributed by atoms with Crippen LogP contribution in [0.2, 0.25) is 0 Å². The van der Waals surface area contributed by atoms with E-state index in [0.717, 1.165) is 23.3 Å². The first-order valence-corrected chi connectivity index (χ1v) is 7.22. The van der Waals surface area contributed by atoms with Crippen molar-refractivity contribution in [3.05, 3.63) is 53.7 Å². The van der Waals surface area contributed by atoms with Crippen molar-refractivity contribution in [2.75, 3.05) is 0 Å². The molecule has 0 radical (unpaired) electrons. The molecule has 0 aliphatic carbocycles. The molecule has 0 amide bonds. The summed E-state index contributed by atoms with van der Waals surface area (Å²) in [5, 5.41) is 7.36. The van der Waals surface area contributed by atoms with Gasteiger partial charge in [0.15, 0.2) is 0 Å². The minimum atomic E-state index is -0.464. The van der Waals surface area contributed by atoms with Crippen molar-refractivity contribution in [2.45, 2.75) is 32.2 Å². The maximum atomic E-state index is 7.36. The molecule has 1 aromatic rings. The fourth-order valence-electron chi connectivity index (χ4n) is 2.07. The van der Waals surface area contributed by atoms with Crippen LogP contribution in [-0.2, 0) is 0 Å². The van der Waals surface area contributed by atoms with E-state index in [0.29, 0.717) is 6.42 Å². The van der Waals surface area contributed by atoms with Gasteiger partial charge in [0.1, 0.15) is 0 Å². The quantitative estimate of drug-likeness (QED) is 0.798. The fraction of sp³-hybridized carbons (Fsp3) is 0.278. The lowest BCUT2D eigenvalue weighted by atomic mass is 10.0. The Morgan fingerprint density at radius 3 is 2.62 bits per heavy atom. The zero-order valence-electron chi connectivity index (χ0n) is 12.6. The van der Waals surface area contributed by atoms with E-state index in [2.05, 4.69) is 35.1 Å². The lowest BCUT2D eigenvalue weighted by molar-refractivity contribution is 0.678. The zero-order valence-corrected chi connectivity index (χ0v) is 12.6. The average molecular weight is 279 g/mol. The third-order valence-corrected chi connectivity index (χ3v) is 3.45. The number of allylic oxidation sites excluding steroid dienone is 4. The Bertz CT molecular complexity index is 609. The molecule has 0 aromatic heterocycles. The highest BCUT2D eigenvalue weighted by molar-refractivity contribution is 6.11. The van der Waals surface area contributed by atoms with E-state index in [4.69, 9.17) is 5.41 Å². The maximum absolute atomic E-state index is 7.36. The topological polar surface area (TPSA) is 48.6 Å². The summed E-state index contributed by atoms with van der Waals surface area (Å²) >= 11 is 0. The van der Waals surface area contributed by atoms with Gasteiger partial charge in [0.05, 0.1) is 5.54 Å². The Morgan fingerprint density at radius 2 is 1.95 bits per heavy atom. The van der Waals surface area contributed by atoms with Gasteiger partial charge in [-0.2, -0.15) is 0 Å². The molecule has 1 aliphatic rings. The number of nitrogens with one attached hydrogen (secondary N) is 1. The van der Waals surface area contributed by atoms with Crippen LogP contribution in [0.5, 0.6) is 0 Å². The maximum Gasteiger partial charge on any atom is 0.0978 e. The molecule has 1 unspecified atom stereocenters. The van der Waals surface area contributed by atoms with Crippen molar-refractivity contribution in [3.8, 4) is 0 Å². The van der Waals surface area contributed by atoms with Gasteiger partial charge in [0.25, 0.3) is 0 Å². The highest BCUT2D eigenvalue weighted by atomic mass is 14.9. The van der Waals surface area contributed by atoms with Crippen LogP contribution in [0.15, 0.2) is 58.2 Å². The second-order valence-electron chi connectivity index (χ2n) is 5.28. The van der Waals surface area contributed by atoms with Crippen LogP contribution in [0, 0.1) is 5.41 Å². The highest BCUT2D eigenvalue weighted by Crippen LogP contribution is 2.19. The van der Waals surface area contributed by atoms with E-state index in [1.54, 1.807) is 0 Å². The van der Waals surface area contributed by atoms with Crippen LogP contribution < -0.4 is 0 Å². The molecule has 3 heteroatoms. The first-order valence-electron chi connectivity index (χ1n) is 7.22. The number of hydrogen-bond donors (Lipinski definition) is 1. The van der Waals surface area contributed by atoms with Gasteiger partial charge in [0.2, 0.25) is 0 Å². The van der Waals surface area contributed by atoms with Gasteiger partial charge < -0.3 is 5.41 Å². The van der Waals surface area contributed by atoms with Crippen LogP contribution in [0.4, 0.5) is 0 Å². The molecular formula is C18H21N3. The molecule has 0 saturated heterocycles. The summed E-state index contributed by atoms with van der Waals surface area (Å²) in [6.45, 7) is 4.09. The third-order valence-electron chi connectivity index (χ3n) is 3.45. The van der Waals surface area contributed by atoms with Gasteiger partial charge in [-0.1, -0.05) is 43.3 Å². The average Bonchev–Trinajstić information content (AvgIpc) is 2.58. The van der Waals surface area contributed by atoms with Gasteiger partial charge in [-0.05, 0) is 36.8 Å². The Kier molecular flexibility index (Phi) is 4.99. The summed E-state index contributed by atoms with van der Waals surface area (Å²) in [7, 11) is 0. The predicted octanol–water partition coefficient (Wildman–Crippen LogP) is 4.32. The second kappa shape index (κ2) is 6.93. The van der Waals surface area contributed by atoms with Crippen molar-refractivity contribution >= 4 is 24.2 Å². The zero-order chi connectivity index (χ0) is 15.1. The first-order chi connectivity index (χ1) is 10.2. The first kappa shape index (κ1) is 15.1. The summed E-state index contributed by atoms with van der Waals surface area (Å²) in [4.78, 5) is 9.20. The molecule has 0 spiro atoms. The summed E-state index contributed by atoms with van der Waals surface area (Å²) in [6, 6.07) is 10.2. The molecule has 108 valence electrons. The molecule has 3 nitrogen and oxygen atoms in total. The summed E-state index contributed by atoms with van der Waals surface area (Å²) in [6.07, 6.45) is 10.7. The standard InChI is InChI=1S/C18H21N3/c1-3-17-10-9-16(15-7-5-4-6-8-15)13-21-18(2,11-12-19)14-20-17/h4-10,12-14,19H,3,11H2,1-2H3/b16-9+,17-10-,19-12?,20-14?,21-13?. The van der Waals surface area contributed by atoms with E-state index < -0.39 is 5.54 Å². The van der Waals surface area contributed by atoms with Crippen molar-refractivity contribution in [1.29, 1.82) is 5.41 Å². The molecule has 1 aliphatic heterocycles. The fourth-order valence-corrected chi connectivity index (χ4v) is 2.07. The number of rotatable bonds is 4. The Balaban J connectivity index is 2.46. The largest absolute Gasteiger partial charge is 0.313 e. The molecule has 0 fully saturated rings. The summed E-state index contributed by atoms with van der Waals surface area (Å²) in [5.74, 6) is 0. The van der Waals surface area contributed by atoms with E-state index in [9.17, 15) is 0 Å². The second-order valence-corrected chi connectivity index (χ2v) is 5.28. The number of hydrogen-bond acceptors (Lipinski definition) is 3. The third kappa shape index (κ3) is 4.09. The van der Waals surface area contributed by atoms with Crippen molar-refractivity contribution in [1.82, 2.24) is 0 Å². The smallest absolute Gasteiger partial charge is 0.0978 e. The highest BCUT2D eigenvalue weighted by Gasteiger charge is 2.19. The Labute approximate surface area is 126 Å². The van der Waals surface area contributed by atoms with E-state index >= 15 is 0 Å². The van der Waals surface area contributed by atoms with Crippen molar-refractivity contribution in [2.24, 2.45) is 9.98 Å². The molecule has 0 bridgehead atoms. The van der Waals surface area contributed by atoms with E-state index in [-0.39, 0.29) is 0 Å². The lowest BCUT2D eigenvalue weighted by Gasteiger charge is -2.17. The van der Waals surface area contributed by atoms with Crippen LogP contribution in [0.25, 0.3) is 5.57 Å². The van der Waals surface area contributed by atoms with Crippen molar-refractivity contribution < 1.29 is 0 Å². The Hall–Kier alpha value is -2.29. The van der Waals surface area contributed by atoms with Gasteiger partial charge >= 0.3 is 0 Å². The monoisotopic (exact) mass is 279 g/mol. The van der Waals surface area contributed by atoms with E-state index in [1.807, 2.05) is 43.6 Å².